The molecule has 0 spiro atoms. The topological polar surface area (TPSA) is 64.2 Å². The van der Waals surface area contributed by atoms with Crippen LogP contribution in [0.15, 0.2) is 18.2 Å². The van der Waals surface area contributed by atoms with Crippen molar-refractivity contribution in [3.8, 4) is 0 Å². The van der Waals surface area contributed by atoms with Crippen molar-refractivity contribution in [3.63, 3.8) is 0 Å². The fraction of sp³-hybridized carbons (Fsp3) is 0.385. The second-order valence-corrected chi connectivity index (χ2v) is 4.32. The lowest BCUT2D eigenvalue weighted by atomic mass is 10.2. The molecule has 1 atom stereocenters. The highest BCUT2D eigenvalue weighted by Crippen LogP contribution is 2.28. The van der Waals surface area contributed by atoms with Crippen LogP contribution in [-0.4, -0.2) is 29.7 Å². The third-order valence-corrected chi connectivity index (χ3v) is 3.17. The highest BCUT2D eigenvalue weighted by molar-refractivity contribution is 6.01. The van der Waals surface area contributed by atoms with Crippen LogP contribution in [0.5, 0.6) is 0 Å². The van der Waals surface area contributed by atoms with Gasteiger partial charge in [0.1, 0.15) is 17.4 Å². The average Bonchev–Trinajstić information content (AvgIpc) is 3.04. The van der Waals surface area contributed by atoms with Crippen molar-refractivity contribution in [3.05, 3.63) is 29.6 Å². The average molecular weight is 246 g/mol. The number of para-hydroxylation sites is 1. The van der Waals surface area contributed by atoms with Gasteiger partial charge in [0.05, 0.1) is 18.2 Å². The number of aromatic amines is 1. The molecule has 1 aliphatic rings. The van der Waals surface area contributed by atoms with Gasteiger partial charge in [-0.1, -0.05) is 6.07 Å². The van der Waals surface area contributed by atoms with Gasteiger partial charge >= 0.3 is 5.97 Å². The molecule has 1 fully saturated rings. The molecule has 1 aliphatic heterocycles. The molecule has 0 radical (unpaired) electrons. The third-order valence-electron chi connectivity index (χ3n) is 3.17. The number of carbonyl (C=O) groups excluding carboxylic acids is 1. The summed E-state index contributed by atoms with van der Waals surface area (Å²) in [4.78, 5) is 19.3. The van der Waals surface area contributed by atoms with E-state index in [4.69, 9.17) is 9.47 Å². The molecular formula is C13H14N2O3. The quantitative estimate of drug-likeness (QED) is 0.825. The Morgan fingerprint density at radius 3 is 3.17 bits per heavy atom. The van der Waals surface area contributed by atoms with Crippen molar-refractivity contribution in [2.75, 3.05) is 13.7 Å². The summed E-state index contributed by atoms with van der Waals surface area (Å²) in [5, 5.41) is 0. The summed E-state index contributed by atoms with van der Waals surface area (Å²) in [6.07, 6.45) is 2.03. The first-order valence-corrected chi connectivity index (χ1v) is 5.98. The number of methoxy groups -OCH3 is 1. The lowest BCUT2D eigenvalue weighted by Crippen LogP contribution is -2.02. The summed E-state index contributed by atoms with van der Waals surface area (Å²) in [7, 11) is 1.37. The van der Waals surface area contributed by atoms with E-state index in [0.29, 0.717) is 11.1 Å². The van der Waals surface area contributed by atoms with Gasteiger partial charge in [0.2, 0.25) is 0 Å². The summed E-state index contributed by atoms with van der Waals surface area (Å²) >= 11 is 0. The maximum atomic E-state index is 11.7. The van der Waals surface area contributed by atoms with Crippen LogP contribution < -0.4 is 0 Å². The first-order chi connectivity index (χ1) is 8.79. The largest absolute Gasteiger partial charge is 0.465 e. The van der Waals surface area contributed by atoms with E-state index in [-0.39, 0.29) is 12.1 Å². The fourth-order valence-electron chi connectivity index (χ4n) is 2.27. The van der Waals surface area contributed by atoms with Gasteiger partial charge in [-0.3, -0.25) is 0 Å². The number of esters is 1. The molecule has 1 saturated heterocycles. The SMILES string of the molecule is COC(=O)c1cccc2[nH]c(C3CCCO3)nc12. The molecule has 94 valence electrons. The van der Waals surface area contributed by atoms with Crippen molar-refractivity contribution < 1.29 is 14.3 Å². The van der Waals surface area contributed by atoms with Gasteiger partial charge in [0, 0.05) is 6.61 Å². The van der Waals surface area contributed by atoms with Crippen molar-refractivity contribution in [1.29, 1.82) is 0 Å². The van der Waals surface area contributed by atoms with Gasteiger partial charge < -0.3 is 14.5 Å². The van der Waals surface area contributed by atoms with Crippen LogP contribution in [0.1, 0.15) is 35.1 Å². The number of H-pyrrole nitrogens is 1. The Labute approximate surface area is 104 Å². The number of carbonyl (C=O) groups is 1. The van der Waals surface area contributed by atoms with E-state index in [1.54, 1.807) is 6.07 Å². The predicted molar refractivity (Wildman–Crippen MR) is 65.4 cm³/mol. The molecule has 2 aromatic rings. The van der Waals surface area contributed by atoms with Gasteiger partial charge in [-0.05, 0) is 25.0 Å². The van der Waals surface area contributed by atoms with Crippen LogP contribution in [0.3, 0.4) is 0 Å². The Kier molecular flexibility index (Phi) is 2.76. The lowest BCUT2D eigenvalue weighted by Gasteiger charge is -2.03. The number of nitrogens with one attached hydrogen (secondary N) is 1. The zero-order valence-corrected chi connectivity index (χ0v) is 10.1. The number of fused-ring (bicyclic) bond motifs is 1. The predicted octanol–water partition coefficient (Wildman–Crippen LogP) is 2.20. The smallest absolute Gasteiger partial charge is 0.340 e. The molecule has 1 unspecified atom stereocenters. The maximum Gasteiger partial charge on any atom is 0.340 e. The van der Waals surface area contributed by atoms with Gasteiger partial charge in [-0.2, -0.15) is 0 Å². The summed E-state index contributed by atoms with van der Waals surface area (Å²) in [6, 6.07) is 5.42. The molecule has 3 rings (SSSR count). The second-order valence-electron chi connectivity index (χ2n) is 4.32. The van der Waals surface area contributed by atoms with E-state index < -0.39 is 0 Å². The van der Waals surface area contributed by atoms with E-state index >= 15 is 0 Å². The van der Waals surface area contributed by atoms with Crippen LogP contribution in [0.2, 0.25) is 0 Å². The van der Waals surface area contributed by atoms with Crippen LogP contribution in [0.25, 0.3) is 11.0 Å². The molecule has 1 aromatic heterocycles. The second kappa shape index (κ2) is 4.42. The summed E-state index contributed by atoms with van der Waals surface area (Å²) in [6.45, 7) is 0.769. The number of benzene rings is 1. The molecule has 0 bridgehead atoms. The maximum absolute atomic E-state index is 11.7. The minimum absolute atomic E-state index is 0.0166. The van der Waals surface area contributed by atoms with Crippen molar-refractivity contribution in [2.45, 2.75) is 18.9 Å². The molecule has 18 heavy (non-hydrogen) atoms. The van der Waals surface area contributed by atoms with E-state index in [1.807, 2.05) is 12.1 Å². The summed E-state index contributed by atoms with van der Waals surface area (Å²) < 4.78 is 10.3. The number of aromatic nitrogens is 2. The lowest BCUT2D eigenvalue weighted by molar-refractivity contribution is 0.0602. The Bertz CT molecular complexity index is 585. The Morgan fingerprint density at radius 2 is 2.44 bits per heavy atom. The molecular weight excluding hydrogens is 232 g/mol. The van der Waals surface area contributed by atoms with Crippen LogP contribution in [0, 0.1) is 0 Å². The Morgan fingerprint density at radius 1 is 1.56 bits per heavy atom. The van der Waals surface area contributed by atoms with Crippen LogP contribution in [0.4, 0.5) is 0 Å². The van der Waals surface area contributed by atoms with E-state index in [2.05, 4.69) is 9.97 Å². The minimum atomic E-state index is -0.369. The number of nitrogens with zero attached hydrogens (tertiary/aromatic N) is 1. The Hall–Kier alpha value is -1.88. The van der Waals surface area contributed by atoms with Crippen molar-refractivity contribution in [1.82, 2.24) is 9.97 Å². The molecule has 0 saturated carbocycles. The first-order valence-electron chi connectivity index (χ1n) is 5.98. The molecule has 5 heteroatoms. The van der Waals surface area contributed by atoms with Gasteiger partial charge in [-0.15, -0.1) is 0 Å². The monoisotopic (exact) mass is 246 g/mol. The zero-order valence-electron chi connectivity index (χ0n) is 10.1. The standard InChI is InChI=1S/C13H14N2O3/c1-17-13(16)8-4-2-5-9-11(8)15-12(14-9)10-6-3-7-18-10/h2,4-5,10H,3,6-7H2,1H3,(H,14,15). The van der Waals surface area contributed by atoms with E-state index in [1.165, 1.54) is 7.11 Å². The molecule has 0 amide bonds. The third kappa shape index (κ3) is 1.76. The fourth-order valence-corrected chi connectivity index (χ4v) is 2.27. The highest BCUT2D eigenvalue weighted by atomic mass is 16.5. The van der Waals surface area contributed by atoms with Gasteiger partial charge in [-0.25, -0.2) is 9.78 Å². The van der Waals surface area contributed by atoms with Crippen molar-refractivity contribution >= 4 is 17.0 Å². The Balaban J connectivity index is 2.08. The summed E-state index contributed by atoms with van der Waals surface area (Å²) in [5.41, 5.74) is 1.97. The van der Waals surface area contributed by atoms with E-state index in [0.717, 1.165) is 30.8 Å². The number of rotatable bonds is 2. The minimum Gasteiger partial charge on any atom is -0.465 e. The molecule has 2 heterocycles. The van der Waals surface area contributed by atoms with E-state index in [9.17, 15) is 4.79 Å². The number of ether oxygens (including phenoxy) is 2. The molecule has 1 N–H and O–H groups in total. The zero-order chi connectivity index (χ0) is 12.5. The molecule has 0 aliphatic carbocycles. The highest BCUT2D eigenvalue weighted by Gasteiger charge is 2.22. The number of hydrogen-bond donors (Lipinski definition) is 1. The first kappa shape index (κ1) is 11.2. The molecule has 5 nitrogen and oxygen atoms in total. The molecule has 1 aromatic carbocycles. The number of imidazole rings is 1. The number of hydrogen-bond acceptors (Lipinski definition) is 4. The normalized spacial score (nSPS) is 19.3. The summed E-state index contributed by atoms with van der Waals surface area (Å²) in [5.74, 6) is 0.421. The van der Waals surface area contributed by atoms with Gasteiger partial charge in [0.15, 0.2) is 0 Å². The van der Waals surface area contributed by atoms with Crippen molar-refractivity contribution in [2.24, 2.45) is 0 Å². The van der Waals surface area contributed by atoms with Gasteiger partial charge in [0.25, 0.3) is 0 Å². The van der Waals surface area contributed by atoms with Crippen LogP contribution in [-0.2, 0) is 9.47 Å². The van der Waals surface area contributed by atoms with Crippen LogP contribution >= 0.6 is 0 Å².